The minimum absolute atomic E-state index is 0.116. The van der Waals surface area contributed by atoms with Gasteiger partial charge in [-0.05, 0) is 18.6 Å². The maximum Gasteiger partial charge on any atom is 0.214 e. The van der Waals surface area contributed by atoms with Crippen LogP contribution in [-0.2, 0) is 16.2 Å². The molecule has 1 unspecified atom stereocenters. The molecule has 2 heterocycles. The molecular formula is C23H30N2O2. The molecule has 27 heavy (non-hydrogen) atoms. The predicted molar refractivity (Wildman–Crippen MR) is 113 cm³/mol. The Bertz CT molecular complexity index is 814. The summed E-state index contributed by atoms with van der Waals surface area (Å²) in [5.41, 5.74) is 5.25. The van der Waals surface area contributed by atoms with E-state index in [1.54, 1.807) is 4.90 Å². The third-order valence-electron chi connectivity index (χ3n) is 4.68. The van der Waals surface area contributed by atoms with Crippen LogP contribution in [0.5, 0.6) is 0 Å². The van der Waals surface area contributed by atoms with Crippen molar-refractivity contribution in [2.75, 3.05) is 11.9 Å². The van der Waals surface area contributed by atoms with E-state index in [4.69, 9.17) is 4.84 Å². The summed E-state index contributed by atoms with van der Waals surface area (Å²) in [5.74, 6) is 0.897. The minimum Gasteiger partial charge on any atom is -0.405 e. The first-order valence-electron chi connectivity index (χ1n) is 9.75. The van der Waals surface area contributed by atoms with Crippen molar-refractivity contribution in [1.82, 2.24) is 5.06 Å². The molecule has 2 aliphatic rings. The van der Waals surface area contributed by atoms with Gasteiger partial charge >= 0.3 is 0 Å². The second-order valence-corrected chi connectivity index (χ2v) is 5.96. The van der Waals surface area contributed by atoms with Gasteiger partial charge in [0.2, 0.25) is 6.41 Å². The number of amides is 1. The number of benzene rings is 2. The van der Waals surface area contributed by atoms with Gasteiger partial charge in [0.25, 0.3) is 0 Å². The fraction of sp³-hybridized carbons (Fsp3) is 0.348. The SMILES string of the molecule is CC.CC.CC1C2=C(ON1C)c1ccccc1CN(C=O)c1ccccc12. The third kappa shape index (κ3) is 3.76. The molecule has 1 atom stereocenters. The van der Waals surface area contributed by atoms with Crippen LogP contribution in [-0.4, -0.2) is 24.6 Å². The lowest BCUT2D eigenvalue weighted by Gasteiger charge is -2.26. The van der Waals surface area contributed by atoms with Gasteiger partial charge in [-0.25, -0.2) is 0 Å². The fourth-order valence-corrected chi connectivity index (χ4v) is 3.38. The lowest BCUT2D eigenvalue weighted by molar-refractivity contribution is -0.107. The molecular weight excluding hydrogens is 336 g/mol. The molecule has 4 nitrogen and oxygen atoms in total. The van der Waals surface area contributed by atoms with E-state index in [0.717, 1.165) is 40.1 Å². The summed E-state index contributed by atoms with van der Waals surface area (Å²) in [6.07, 6.45) is 0.908. The molecule has 2 aromatic carbocycles. The van der Waals surface area contributed by atoms with Crippen LogP contribution < -0.4 is 4.90 Å². The van der Waals surface area contributed by atoms with Gasteiger partial charge < -0.3 is 9.74 Å². The van der Waals surface area contributed by atoms with Gasteiger partial charge in [0.15, 0.2) is 5.76 Å². The van der Waals surface area contributed by atoms with Gasteiger partial charge in [0.1, 0.15) is 0 Å². The summed E-state index contributed by atoms with van der Waals surface area (Å²) in [5, 5.41) is 1.87. The van der Waals surface area contributed by atoms with E-state index in [1.165, 1.54) is 0 Å². The van der Waals surface area contributed by atoms with E-state index in [0.29, 0.717) is 6.54 Å². The second kappa shape index (κ2) is 9.38. The highest BCUT2D eigenvalue weighted by Crippen LogP contribution is 2.44. The zero-order valence-electron chi connectivity index (χ0n) is 17.2. The highest BCUT2D eigenvalue weighted by atomic mass is 16.7. The first-order chi connectivity index (χ1) is 13.2. The number of hydroxylamine groups is 2. The van der Waals surface area contributed by atoms with Crippen molar-refractivity contribution in [3.63, 3.8) is 0 Å². The van der Waals surface area contributed by atoms with Gasteiger partial charge in [-0.1, -0.05) is 70.2 Å². The van der Waals surface area contributed by atoms with Crippen LogP contribution in [0.4, 0.5) is 5.69 Å². The van der Waals surface area contributed by atoms with Crippen molar-refractivity contribution < 1.29 is 9.63 Å². The van der Waals surface area contributed by atoms with E-state index in [-0.39, 0.29) is 6.04 Å². The van der Waals surface area contributed by atoms with E-state index < -0.39 is 0 Å². The Morgan fingerprint density at radius 1 is 0.963 bits per heavy atom. The van der Waals surface area contributed by atoms with Gasteiger partial charge in [-0.3, -0.25) is 4.79 Å². The van der Waals surface area contributed by atoms with Crippen LogP contribution in [0.25, 0.3) is 11.3 Å². The molecule has 0 fully saturated rings. The van der Waals surface area contributed by atoms with Crippen LogP contribution in [0.3, 0.4) is 0 Å². The summed E-state index contributed by atoms with van der Waals surface area (Å²) in [7, 11) is 1.94. The van der Waals surface area contributed by atoms with Crippen molar-refractivity contribution in [2.24, 2.45) is 0 Å². The molecule has 1 amide bonds. The highest BCUT2D eigenvalue weighted by Gasteiger charge is 2.35. The lowest BCUT2D eigenvalue weighted by atomic mass is 9.91. The third-order valence-corrected chi connectivity index (χ3v) is 4.68. The van der Waals surface area contributed by atoms with Gasteiger partial charge in [0, 0.05) is 23.7 Å². The summed E-state index contributed by atoms with van der Waals surface area (Å²) in [6, 6.07) is 16.3. The van der Waals surface area contributed by atoms with Crippen molar-refractivity contribution in [3.05, 3.63) is 65.2 Å². The number of carbonyl (C=O) groups excluding carboxylic acids is 1. The van der Waals surface area contributed by atoms with Crippen molar-refractivity contribution >= 4 is 23.4 Å². The Morgan fingerprint density at radius 3 is 2.22 bits per heavy atom. The molecule has 4 heteroatoms. The quantitative estimate of drug-likeness (QED) is 0.638. The summed E-state index contributed by atoms with van der Waals surface area (Å²) >= 11 is 0. The molecule has 0 N–H and O–H groups in total. The number of carbonyl (C=O) groups is 1. The maximum atomic E-state index is 11.7. The van der Waals surface area contributed by atoms with E-state index in [9.17, 15) is 4.79 Å². The largest absolute Gasteiger partial charge is 0.405 e. The number of rotatable bonds is 1. The predicted octanol–water partition coefficient (Wildman–Crippen LogP) is 5.35. The lowest BCUT2D eigenvalue weighted by Crippen LogP contribution is -2.25. The Balaban J connectivity index is 0.000000614. The van der Waals surface area contributed by atoms with Crippen LogP contribution >= 0.6 is 0 Å². The maximum absolute atomic E-state index is 11.7. The van der Waals surface area contributed by atoms with Crippen LogP contribution in [0, 0.1) is 0 Å². The number of para-hydroxylation sites is 1. The molecule has 0 aromatic heterocycles. The number of hydrogen-bond acceptors (Lipinski definition) is 3. The molecule has 0 spiro atoms. The Morgan fingerprint density at radius 2 is 1.56 bits per heavy atom. The molecule has 144 valence electrons. The zero-order chi connectivity index (χ0) is 20.0. The zero-order valence-corrected chi connectivity index (χ0v) is 17.2. The number of hydrogen-bond donors (Lipinski definition) is 0. The fourth-order valence-electron chi connectivity index (χ4n) is 3.38. The number of fused-ring (bicyclic) bond motifs is 4. The summed E-state index contributed by atoms with van der Waals surface area (Å²) in [6.45, 7) is 10.7. The Kier molecular flexibility index (Phi) is 7.19. The number of likely N-dealkylation sites (N-methyl/N-ethyl adjacent to an activating group) is 1. The van der Waals surface area contributed by atoms with Crippen LogP contribution in [0.2, 0.25) is 0 Å². The molecule has 0 bridgehead atoms. The topological polar surface area (TPSA) is 32.8 Å². The van der Waals surface area contributed by atoms with Crippen molar-refractivity contribution in [1.29, 1.82) is 0 Å². The first kappa shape index (κ1) is 20.7. The number of nitrogens with zero attached hydrogens (tertiary/aromatic N) is 2. The van der Waals surface area contributed by atoms with Crippen molar-refractivity contribution in [3.8, 4) is 0 Å². The summed E-state index contributed by atoms with van der Waals surface area (Å²) in [4.78, 5) is 19.5. The standard InChI is InChI=1S/C19H18N2O2.2C2H6/c1-13-18-16-9-5-6-10-17(16)21(12-22)11-14-7-3-4-8-15(14)19(18)23-20(13)2;2*1-2/h3-10,12-13H,11H2,1-2H3;2*1-2H3. The normalized spacial score (nSPS) is 17.6. The van der Waals surface area contributed by atoms with E-state index in [2.05, 4.69) is 25.1 Å². The van der Waals surface area contributed by atoms with Crippen LogP contribution in [0.15, 0.2) is 48.5 Å². The summed E-state index contributed by atoms with van der Waals surface area (Å²) < 4.78 is 0. The smallest absolute Gasteiger partial charge is 0.214 e. The second-order valence-electron chi connectivity index (χ2n) is 5.96. The van der Waals surface area contributed by atoms with Gasteiger partial charge in [-0.15, -0.1) is 5.06 Å². The molecule has 0 saturated carbocycles. The van der Waals surface area contributed by atoms with E-state index in [1.807, 2.05) is 70.1 Å². The van der Waals surface area contributed by atoms with Crippen LogP contribution in [0.1, 0.15) is 51.3 Å². The molecule has 0 radical (unpaired) electrons. The Labute approximate surface area is 163 Å². The molecule has 2 aliphatic heterocycles. The molecule has 0 aliphatic carbocycles. The Hall–Kier alpha value is -2.59. The average Bonchev–Trinajstić information content (AvgIpc) is 3.02. The van der Waals surface area contributed by atoms with E-state index >= 15 is 0 Å². The molecule has 2 aromatic rings. The molecule has 0 saturated heterocycles. The minimum atomic E-state index is 0.116. The molecule has 4 rings (SSSR count). The average molecular weight is 367 g/mol. The van der Waals surface area contributed by atoms with Gasteiger partial charge in [-0.2, -0.15) is 0 Å². The monoisotopic (exact) mass is 366 g/mol. The first-order valence-corrected chi connectivity index (χ1v) is 9.75. The van der Waals surface area contributed by atoms with Crippen molar-refractivity contribution in [2.45, 2.75) is 47.2 Å². The van der Waals surface area contributed by atoms with Gasteiger partial charge in [0.05, 0.1) is 18.3 Å². The number of anilines is 1. The highest BCUT2D eigenvalue weighted by molar-refractivity contribution is 5.98.